The molecule has 118 valence electrons. The van der Waals surface area contributed by atoms with Crippen molar-refractivity contribution < 1.29 is 9.53 Å². The first-order chi connectivity index (χ1) is 10.8. The van der Waals surface area contributed by atoms with Gasteiger partial charge in [-0.05, 0) is 6.42 Å². The average molecular weight is 320 g/mol. The smallest absolute Gasteiger partial charge is 0.257 e. The van der Waals surface area contributed by atoms with Crippen LogP contribution < -0.4 is 0 Å². The maximum absolute atomic E-state index is 12.4. The van der Waals surface area contributed by atoms with Crippen molar-refractivity contribution in [1.29, 1.82) is 0 Å². The van der Waals surface area contributed by atoms with Gasteiger partial charge in [-0.3, -0.25) is 9.69 Å². The van der Waals surface area contributed by atoms with Crippen LogP contribution in [0.4, 0.5) is 0 Å². The third-order valence-electron chi connectivity index (χ3n) is 4.80. The van der Waals surface area contributed by atoms with Crippen LogP contribution in [-0.2, 0) is 4.74 Å². The number of carbonyl (C=O) groups is 1. The molecule has 1 atom stereocenters. The second kappa shape index (κ2) is 5.79. The number of thioether (sulfide) groups is 1. The molecule has 0 aliphatic carbocycles. The van der Waals surface area contributed by atoms with E-state index in [0.717, 1.165) is 39.4 Å². The Balaban J connectivity index is 1.34. The summed E-state index contributed by atoms with van der Waals surface area (Å²) < 4.78 is 5.71. The van der Waals surface area contributed by atoms with Crippen molar-refractivity contribution in [3.63, 3.8) is 0 Å². The molecule has 0 bridgehead atoms. The molecule has 0 aromatic carbocycles. The number of ether oxygens (including phenoxy) is 1. The molecule has 1 aromatic heterocycles. The van der Waals surface area contributed by atoms with E-state index >= 15 is 0 Å². The van der Waals surface area contributed by atoms with Crippen LogP contribution in [0.15, 0.2) is 18.7 Å². The van der Waals surface area contributed by atoms with Gasteiger partial charge in [-0.2, -0.15) is 0 Å². The molecule has 6 nitrogen and oxygen atoms in total. The molecule has 22 heavy (non-hydrogen) atoms. The molecule has 1 spiro atoms. The summed E-state index contributed by atoms with van der Waals surface area (Å²) in [6.45, 7) is 5.51. The normalized spacial score (nSPS) is 27.8. The van der Waals surface area contributed by atoms with Crippen LogP contribution in [0.1, 0.15) is 16.8 Å². The van der Waals surface area contributed by atoms with Crippen LogP contribution in [0, 0.1) is 0 Å². The Morgan fingerprint density at radius 2 is 2.00 bits per heavy atom. The summed E-state index contributed by atoms with van der Waals surface area (Å²) in [6.07, 6.45) is 5.83. The summed E-state index contributed by atoms with van der Waals surface area (Å²) in [4.78, 5) is 24.7. The highest BCUT2D eigenvalue weighted by Gasteiger charge is 2.51. The van der Waals surface area contributed by atoms with E-state index in [4.69, 9.17) is 4.74 Å². The first-order valence-electron chi connectivity index (χ1n) is 7.76. The molecule has 1 amide bonds. The van der Waals surface area contributed by atoms with E-state index in [2.05, 4.69) is 14.9 Å². The maximum Gasteiger partial charge on any atom is 0.257 e. The lowest BCUT2D eigenvalue weighted by molar-refractivity contribution is 0.0137. The lowest BCUT2D eigenvalue weighted by atomic mass is 9.91. The summed E-state index contributed by atoms with van der Waals surface area (Å²) in [5.74, 6) is 1.23. The number of hydrogen-bond donors (Lipinski definition) is 0. The van der Waals surface area contributed by atoms with Crippen molar-refractivity contribution in [3.8, 4) is 0 Å². The minimum atomic E-state index is 0.0571. The second-order valence-corrected chi connectivity index (χ2v) is 7.78. The summed E-state index contributed by atoms with van der Waals surface area (Å²) in [5, 5.41) is 0. The fourth-order valence-corrected chi connectivity index (χ4v) is 5.28. The van der Waals surface area contributed by atoms with Crippen molar-refractivity contribution in [2.45, 2.75) is 17.2 Å². The van der Waals surface area contributed by atoms with E-state index in [1.165, 1.54) is 18.5 Å². The van der Waals surface area contributed by atoms with Crippen LogP contribution in [0.5, 0.6) is 0 Å². The molecule has 3 aliphatic heterocycles. The summed E-state index contributed by atoms with van der Waals surface area (Å²) in [6, 6.07) is 0.645. The van der Waals surface area contributed by atoms with Crippen LogP contribution in [-0.4, -0.2) is 81.6 Å². The Hall–Kier alpha value is -1.18. The molecule has 3 aliphatic rings. The molecular formula is C15H20N4O2S. The molecule has 0 saturated carbocycles. The molecule has 7 heteroatoms. The zero-order valence-electron chi connectivity index (χ0n) is 12.5. The van der Waals surface area contributed by atoms with Crippen molar-refractivity contribution in [2.24, 2.45) is 0 Å². The molecule has 4 rings (SSSR count). The van der Waals surface area contributed by atoms with Crippen molar-refractivity contribution in [1.82, 2.24) is 19.8 Å². The van der Waals surface area contributed by atoms with Gasteiger partial charge in [-0.25, -0.2) is 9.97 Å². The summed E-state index contributed by atoms with van der Waals surface area (Å²) in [5.41, 5.74) is 0.588. The van der Waals surface area contributed by atoms with Gasteiger partial charge in [0.1, 0.15) is 6.33 Å². The SMILES string of the molecule is O=C(c1cncnc1)N1CC2(CC(N3CCOCC3)CS2)C1. The summed E-state index contributed by atoms with van der Waals surface area (Å²) in [7, 11) is 0. The van der Waals surface area contributed by atoms with Gasteiger partial charge < -0.3 is 9.64 Å². The number of nitrogens with zero attached hydrogens (tertiary/aromatic N) is 4. The number of rotatable bonds is 2. The largest absolute Gasteiger partial charge is 0.379 e. The number of amides is 1. The minimum Gasteiger partial charge on any atom is -0.379 e. The Kier molecular flexibility index (Phi) is 3.79. The highest BCUT2D eigenvalue weighted by molar-refractivity contribution is 8.01. The first-order valence-corrected chi connectivity index (χ1v) is 8.74. The quantitative estimate of drug-likeness (QED) is 0.791. The molecular weight excluding hydrogens is 300 g/mol. The molecule has 4 heterocycles. The van der Waals surface area contributed by atoms with E-state index < -0.39 is 0 Å². The van der Waals surface area contributed by atoms with Crippen LogP contribution in [0.2, 0.25) is 0 Å². The van der Waals surface area contributed by atoms with Crippen molar-refractivity contribution >= 4 is 17.7 Å². The lowest BCUT2D eigenvalue weighted by Crippen LogP contribution is -2.61. The second-order valence-electron chi connectivity index (χ2n) is 6.29. The van der Waals surface area contributed by atoms with Gasteiger partial charge in [0.15, 0.2) is 0 Å². The summed E-state index contributed by atoms with van der Waals surface area (Å²) >= 11 is 2.04. The third-order valence-corrected chi connectivity index (χ3v) is 6.39. The molecule has 0 N–H and O–H groups in total. The van der Waals surface area contributed by atoms with Gasteiger partial charge in [0.2, 0.25) is 0 Å². The van der Waals surface area contributed by atoms with Gasteiger partial charge in [0, 0.05) is 50.4 Å². The van der Waals surface area contributed by atoms with Crippen LogP contribution in [0.25, 0.3) is 0 Å². The van der Waals surface area contributed by atoms with E-state index in [1.54, 1.807) is 12.4 Å². The molecule has 0 radical (unpaired) electrons. The van der Waals surface area contributed by atoms with Gasteiger partial charge in [0.25, 0.3) is 5.91 Å². The lowest BCUT2D eigenvalue weighted by Gasteiger charge is -2.48. The van der Waals surface area contributed by atoms with Crippen molar-refractivity contribution in [2.75, 3.05) is 45.1 Å². The minimum absolute atomic E-state index is 0.0571. The maximum atomic E-state index is 12.4. The number of likely N-dealkylation sites (tertiary alicyclic amines) is 1. The van der Waals surface area contributed by atoms with Crippen LogP contribution >= 0.6 is 11.8 Å². The fourth-order valence-electron chi connectivity index (χ4n) is 3.60. The average Bonchev–Trinajstić information content (AvgIpc) is 3.00. The van der Waals surface area contributed by atoms with Gasteiger partial charge >= 0.3 is 0 Å². The molecule has 3 fully saturated rings. The Labute approximate surface area is 134 Å². The van der Waals surface area contributed by atoms with Gasteiger partial charge in [0.05, 0.1) is 23.5 Å². The van der Waals surface area contributed by atoms with E-state index in [9.17, 15) is 4.79 Å². The monoisotopic (exact) mass is 320 g/mol. The number of morpholine rings is 1. The zero-order chi connectivity index (χ0) is 15.0. The highest BCUT2D eigenvalue weighted by atomic mass is 32.2. The third kappa shape index (κ3) is 2.61. The predicted molar refractivity (Wildman–Crippen MR) is 83.9 cm³/mol. The zero-order valence-corrected chi connectivity index (χ0v) is 13.3. The van der Waals surface area contributed by atoms with Gasteiger partial charge in [-0.1, -0.05) is 0 Å². The van der Waals surface area contributed by atoms with Gasteiger partial charge in [-0.15, -0.1) is 11.8 Å². The first kappa shape index (κ1) is 14.4. The Morgan fingerprint density at radius 1 is 1.27 bits per heavy atom. The van der Waals surface area contributed by atoms with E-state index in [1.807, 2.05) is 16.7 Å². The number of hydrogen-bond acceptors (Lipinski definition) is 6. The Morgan fingerprint density at radius 3 is 2.73 bits per heavy atom. The molecule has 3 saturated heterocycles. The number of carbonyl (C=O) groups excluding carboxylic acids is 1. The predicted octanol–water partition coefficient (Wildman–Crippen LogP) is 0.509. The highest BCUT2D eigenvalue weighted by Crippen LogP contribution is 2.46. The van der Waals surface area contributed by atoms with E-state index in [-0.39, 0.29) is 10.7 Å². The van der Waals surface area contributed by atoms with E-state index in [0.29, 0.717) is 11.6 Å². The molecule has 1 unspecified atom stereocenters. The van der Waals surface area contributed by atoms with Crippen molar-refractivity contribution in [3.05, 3.63) is 24.3 Å². The van der Waals surface area contributed by atoms with Crippen LogP contribution in [0.3, 0.4) is 0 Å². The standard InChI is InChI=1S/C15H20N4O2S/c20-14(12-6-16-11-17-7-12)19-9-15(10-19)5-13(8-22-15)18-1-3-21-4-2-18/h6-7,11,13H,1-5,8-10H2. The molecule has 1 aromatic rings. The number of aromatic nitrogens is 2. The topological polar surface area (TPSA) is 58.6 Å². The fraction of sp³-hybridized carbons (Fsp3) is 0.667. The Bertz CT molecular complexity index is 544.